The lowest BCUT2D eigenvalue weighted by atomic mass is 10.3. The van der Waals surface area contributed by atoms with Gasteiger partial charge in [-0.05, 0) is 6.42 Å². The summed E-state index contributed by atoms with van der Waals surface area (Å²) < 4.78 is 4.95. The highest BCUT2D eigenvalue weighted by Crippen LogP contribution is 2.18. The van der Waals surface area contributed by atoms with Gasteiger partial charge in [0.1, 0.15) is 10.0 Å². The lowest BCUT2D eigenvalue weighted by molar-refractivity contribution is 0.202. The van der Waals surface area contributed by atoms with E-state index in [2.05, 4.69) is 10.2 Å². The Balaban J connectivity index is 2.53. The Hall–Kier alpha value is -0.520. The summed E-state index contributed by atoms with van der Waals surface area (Å²) in [5.74, 6) is 0. The van der Waals surface area contributed by atoms with Crippen LogP contribution in [0.25, 0.3) is 0 Å². The summed E-state index contributed by atoms with van der Waals surface area (Å²) in [4.78, 5) is 0. The van der Waals surface area contributed by atoms with Gasteiger partial charge in [-0.25, -0.2) is 0 Å². The highest BCUT2D eigenvalue weighted by Gasteiger charge is 2.09. The number of nitrogens with two attached hydrogens (primary N) is 1. The molecule has 0 aromatic carbocycles. The average Bonchev–Trinajstić information content (AvgIpc) is 2.62. The molecule has 1 aromatic rings. The second kappa shape index (κ2) is 5.26. The average molecular weight is 201 g/mol. The van der Waals surface area contributed by atoms with Crippen LogP contribution in [0.2, 0.25) is 0 Å². The van der Waals surface area contributed by atoms with E-state index in [-0.39, 0.29) is 6.04 Å². The van der Waals surface area contributed by atoms with Gasteiger partial charge in [0.05, 0.1) is 12.6 Å². The maximum atomic E-state index is 5.81. The third-order valence-corrected chi connectivity index (χ3v) is 2.87. The van der Waals surface area contributed by atoms with Crippen LogP contribution in [0.4, 0.5) is 0 Å². The molecule has 0 aliphatic heterocycles. The van der Waals surface area contributed by atoms with Crippen molar-refractivity contribution in [3.05, 3.63) is 10.0 Å². The fourth-order valence-electron chi connectivity index (χ4n) is 0.881. The van der Waals surface area contributed by atoms with E-state index in [9.17, 15) is 0 Å². The Morgan fingerprint density at radius 2 is 2.31 bits per heavy atom. The molecule has 0 saturated heterocycles. The molecule has 5 heteroatoms. The minimum atomic E-state index is 0.0359. The van der Waals surface area contributed by atoms with E-state index in [1.54, 1.807) is 18.4 Å². The Morgan fingerprint density at radius 1 is 1.54 bits per heavy atom. The number of methoxy groups -OCH3 is 1. The Labute approximate surface area is 82.1 Å². The lowest BCUT2D eigenvalue weighted by Crippen LogP contribution is -2.07. The van der Waals surface area contributed by atoms with Crippen molar-refractivity contribution >= 4 is 11.3 Å². The van der Waals surface area contributed by atoms with Crippen molar-refractivity contribution in [1.82, 2.24) is 10.2 Å². The van der Waals surface area contributed by atoms with Gasteiger partial charge in [0, 0.05) is 13.5 Å². The predicted octanol–water partition coefficient (Wildman–Crippen LogP) is 1.14. The molecule has 13 heavy (non-hydrogen) atoms. The van der Waals surface area contributed by atoms with Crippen molar-refractivity contribution < 1.29 is 4.74 Å². The number of hydrogen-bond acceptors (Lipinski definition) is 5. The van der Waals surface area contributed by atoms with Gasteiger partial charge >= 0.3 is 0 Å². The molecule has 0 amide bonds. The van der Waals surface area contributed by atoms with Crippen LogP contribution in [0.5, 0.6) is 0 Å². The summed E-state index contributed by atoms with van der Waals surface area (Å²) in [5, 5.41) is 9.98. The van der Waals surface area contributed by atoms with E-state index in [1.807, 2.05) is 6.92 Å². The molecular weight excluding hydrogens is 186 g/mol. The molecule has 0 radical (unpaired) electrons. The fraction of sp³-hybridized carbons (Fsp3) is 0.750. The Morgan fingerprint density at radius 3 is 2.92 bits per heavy atom. The van der Waals surface area contributed by atoms with E-state index in [4.69, 9.17) is 10.5 Å². The molecule has 0 fully saturated rings. The quantitative estimate of drug-likeness (QED) is 0.776. The Kier molecular flexibility index (Phi) is 4.27. The van der Waals surface area contributed by atoms with Crippen LogP contribution >= 0.6 is 11.3 Å². The molecule has 1 heterocycles. The molecular formula is C8H15N3OS. The summed E-state index contributed by atoms with van der Waals surface area (Å²) in [6.07, 6.45) is 1.73. The number of rotatable bonds is 5. The van der Waals surface area contributed by atoms with E-state index >= 15 is 0 Å². The zero-order valence-corrected chi connectivity index (χ0v) is 8.80. The highest BCUT2D eigenvalue weighted by atomic mass is 32.1. The van der Waals surface area contributed by atoms with Crippen molar-refractivity contribution in [1.29, 1.82) is 0 Å². The first-order valence-electron chi connectivity index (χ1n) is 4.34. The minimum absolute atomic E-state index is 0.0359. The minimum Gasteiger partial charge on any atom is -0.384 e. The monoisotopic (exact) mass is 201 g/mol. The van der Waals surface area contributed by atoms with Gasteiger partial charge in [-0.2, -0.15) is 0 Å². The van der Waals surface area contributed by atoms with Crippen LogP contribution in [-0.4, -0.2) is 23.9 Å². The third-order valence-electron chi connectivity index (χ3n) is 1.76. The number of ether oxygens (including phenoxy) is 1. The van der Waals surface area contributed by atoms with Crippen LogP contribution in [0, 0.1) is 0 Å². The standard InChI is InChI=1S/C8H15N3OS/c1-3-6(9)8-11-10-7(13-8)4-5-12-2/h6H,3-5,9H2,1-2H3. The van der Waals surface area contributed by atoms with Gasteiger partial charge in [0.2, 0.25) is 0 Å². The van der Waals surface area contributed by atoms with Crippen molar-refractivity contribution in [3.8, 4) is 0 Å². The normalized spacial score (nSPS) is 13.2. The smallest absolute Gasteiger partial charge is 0.134 e. The van der Waals surface area contributed by atoms with Crippen molar-refractivity contribution in [2.45, 2.75) is 25.8 Å². The van der Waals surface area contributed by atoms with E-state index < -0.39 is 0 Å². The molecule has 0 aliphatic rings. The predicted molar refractivity (Wildman–Crippen MR) is 52.7 cm³/mol. The largest absolute Gasteiger partial charge is 0.384 e. The molecule has 1 unspecified atom stereocenters. The van der Waals surface area contributed by atoms with E-state index in [0.29, 0.717) is 6.61 Å². The third kappa shape index (κ3) is 3.02. The topological polar surface area (TPSA) is 61.0 Å². The van der Waals surface area contributed by atoms with E-state index in [0.717, 1.165) is 22.9 Å². The fourth-order valence-corrected chi connectivity index (χ4v) is 1.79. The highest BCUT2D eigenvalue weighted by molar-refractivity contribution is 7.11. The molecule has 0 spiro atoms. The number of hydrogen-bond donors (Lipinski definition) is 1. The zero-order chi connectivity index (χ0) is 9.68. The number of aromatic nitrogens is 2. The first kappa shape index (κ1) is 10.6. The van der Waals surface area contributed by atoms with Crippen LogP contribution in [0.3, 0.4) is 0 Å². The molecule has 1 rings (SSSR count). The first-order valence-corrected chi connectivity index (χ1v) is 5.16. The SMILES string of the molecule is CCC(N)c1nnc(CCOC)s1. The molecule has 1 aromatic heterocycles. The molecule has 74 valence electrons. The van der Waals surface area contributed by atoms with Crippen molar-refractivity contribution in [2.75, 3.05) is 13.7 Å². The maximum Gasteiger partial charge on any atom is 0.134 e. The van der Waals surface area contributed by atoms with Gasteiger partial charge in [-0.15, -0.1) is 10.2 Å². The maximum absolute atomic E-state index is 5.81. The molecule has 2 N–H and O–H groups in total. The van der Waals surface area contributed by atoms with Gasteiger partial charge in [-0.1, -0.05) is 18.3 Å². The summed E-state index contributed by atoms with van der Waals surface area (Å²) in [5.41, 5.74) is 5.81. The summed E-state index contributed by atoms with van der Waals surface area (Å²) in [6, 6.07) is 0.0359. The zero-order valence-electron chi connectivity index (χ0n) is 7.99. The number of nitrogens with zero attached hydrogens (tertiary/aromatic N) is 2. The van der Waals surface area contributed by atoms with Crippen molar-refractivity contribution in [3.63, 3.8) is 0 Å². The summed E-state index contributed by atoms with van der Waals surface area (Å²) in [6.45, 7) is 2.73. The molecule has 4 nitrogen and oxygen atoms in total. The summed E-state index contributed by atoms with van der Waals surface area (Å²) >= 11 is 1.58. The Bertz CT molecular complexity index is 251. The summed E-state index contributed by atoms with van der Waals surface area (Å²) in [7, 11) is 1.68. The van der Waals surface area contributed by atoms with Gasteiger partial charge < -0.3 is 10.5 Å². The van der Waals surface area contributed by atoms with Crippen molar-refractivity contribution in [2.24, 2.45) is 5.73 Å². The first-order chi connectivity index (χ1) is 6.27. The van der Waals surface area contributed by atoms with Gasteiger partial charge in [-0.3, -0.25) is 0 Å². The second-order valence-electron chi connectivity index (χ2n) is 2.79. The molecule has 0 bridgehead atoms. The van der Waals surface area contributed by atoms with Crippen LogP contribution < -0.4 is 5.73 Å². The van der Waals surface area contributed by atoms with E-state index in [1.165, 1.54) is 0 Å². The van der Waals surface area contributed by atoms with Crippen LogP contribution in [0.1, 0.15) is 29.4 Å². The molecule has 1 atom stereocenters. The van der Waals surface area contributed by atoms with Crippen LogP contribution in [-0.2, 0) is 11.2 Å². The molecule has 0 saturated carbocycles. The van der Waals surface area contributed by atoms with Crippen LogP contribution in [0.15, 0.2) is 0 Å². The lowest BCUT2D eigenvalue weighted by Gasteiger charge is -2.00. The second-order valence-corrected chi connectivity index (χ2v) is 3.89. The molecule has 0 aliphatic carbocycles. The van der Waals surface area contributed by atoms with Gasteiger partial charge in [0.15, 0.2) is 0 Å². The van der Waals surface area contributed by atoms with Gasteiger partial charge in [0.25, 0.3) is 0 Å².